The molecule has 2 heterocycles. The van der Waals surface area contributed by atoms with Gasteiger partial charge in [0.1, 0.15) is 17.3 Å². The monoisotopic (exact) mass is 480 g/mol. The van der Waals surface area contributed by atoms with Gasteiger partial charge in [-0.1, -0.05) is 18.2 Å². The zero-order valence-electron chi connectivity index (χ0n) is 20.5. The number of amides is 1. The van der Waals surface area contributed by atoms with Crippen molar-refractivity contribution in [2.24, 2.45) is 0 Å². The third-order valence-corrected chi connectivity index (χ3v) is 6.50. The summed E-state index contributed by atoms with van der Waals surface area (Å²) in [6.07, 6.45) is 0. The van der Waals surface area contributed by atoms with Gasteiger partial charge in [-0.15, -0.1) is 0 Å². The molecule has 8 nitrogen and oxygen atoms in total. The first-order valence-electron chi connectivity index (χ1n) is 11.9. The normalized spacial score (nSPS) is 20.3. The molecule has 2 aromatic rings. The minimum atomic E-state index is -0.764. The van der Waals surface area contributed by atoms with Crippen molar-refractivity contribution in [3.63, 3.8) is 0 Å². The summed E-state index contributed by atoms with van der Waals surface area (Å²) >= 11 is 0. The first-order valence-corrected chi connectivity index (χ1v) is 11.9. The number of morpholine rings is 1. The average Bonchev–Trinajstić information content (AvgIpc) is 3.13. The number of ketones is 1. The number of rotatable bonds is 8. The van der Waals surface area contributed by atoms with Gasteiger partial charge in [-0.2, -0.15) is 0 Å². The number of methoxy groups -OCH3 is 1. The van der Waals surface area contributed by atoms with E-state index in [-0.39, 0.29) is 11.3 Å². The lowest BCUT2D eigenvalue weighted by atomic mass is 9.93. The molecule has 2 fully saturated rings. The fraction of sp³-hybridized carbons (Fsp3) is 0.407. The van der Waals surface area contributed by atoms with Crippen molar-refractivity contribution in [1.29, 1.82) is 0 Å². The van der Waals surface area contributed by atoms with Crippen LogP contribution in [0.5, 0.6) is 11.5 Å². The van der Waals surface area contributed by atoms with Crippen molar-refractivity contribution in [2.75, 3.05) is 53.1 Å². The van der Waals surface area contributed by atoms with Crippen molar-refractivity contribution in [3.05, 3.63) is 64.7 Å². The van der Waals surface area contributed by atoms with Gasteiger partial charge < -0.3 is 24.2 Å². The molecule has 2 saturated heterocycles. The van der Waals surface area contributed by atoms with Gasteiger partial charge in [0, 0.05) is 37.3 Å². The standard InChI is InChI=1S/C27H32N2O6/c1-4-35-22-8-6-5-7-21(22)24-23(25(30)20-10-9-19(33-3)17-18(20)2)26(31)27(32)29(24)12-11-28-13-15-34-16-14-28/h5-10,17,24,30H,4,11-16H2,1-3H3. The molecule has 35 heavy (non-hydrogen) atoms. The van der Waals surface area contributed by atoms with Crippen LogP contribution in [0.1, 0.15) is 29.7 Å². The van der Waals surface area contributed by atoms with E-state index in [1.54, 1.807) is 30.2 Å². The average molecular weight is 481 g/mol. The molecule has 2 aliphatic heterocycles. The fourth-order valence-electron chi connectivity index (χ4n) is 4.68. The molecular weight excluding hydrogens is 448 g/mol. The number of carbonyl (C=O) groups is 2. The molecule has 2 aliphatic rings. The minimum Gasteiger partial charge on any atom is -0.507 e. The van der Waals surface area contributed by atoms with E-state index in [4.69, 9.17) is 14.2 Å². The van der Waals surface area contributed by atoms with Crippen LogP contribution < -0.4 is 9.47 Å². The Bertz CT molecular complexity index is 1120. The van der Waals surface area contributed by atoms with Gasteiger partial charge >= 0.3 is 0 Å². The molecule has 4 rings (SSSR count). The number of para-hydroxylation sites is 1. The summed E-state index contributed by atoms with van der Waals surface area (Å²) in [6.45, 7) is 7.92. The summed E-state index contributed by atoms with van der Waals surface area (Å²) in [5, 5.41) is 11.4. The van der Waals surface area contributed by atoms with E-state index >= 15 is 0 Å². The zero-order chi connectivity index (χ0) is 24.9. The number of aliphatic hydroxyl groups excluding tert-OH is 1. The van der Waals surface area contributed by atoms with E-state index in [0.29, 0.717) is 55.5 Å². The van der Waals surface area contributed by atoms with Crippen molar-refractivity contribution < 1.29 is 28.9 Å². The molecule has 2 aromatic carbocycles. The largest absolute Gasteiger partial charge is 0.507 e. The maximum Gasteiger partial charge on any atom is 0.295 e. The number of hydrogen-bond donors (Lipinski definition) is 1. The highest BCUT2D eigenvalue weighted by atomic mass is 16.5. The van der Waals surface area contributed by atoms with E-state index in [1.165, 1.54) is 0 Å². The van der Waals surface area contributed by atoms with Crippen LogP contribution in [0.2, 0.25) is 0 Å². The van der Waals surface area contributed by atoms with E-state index in [2.05, 4.69) is 4.90 Å². The smallest absolute Gasteiger partial charge is 0.295 e. The predicted molar refractivity (Wildman–Crippen MR) is 132 cm³/mol. The number of benzene rings is 2. The molecule has 186 valence electrons. The fourth-order valence-corrected chi connectivity index (χ4v) is 4.68. The van der Waals surface area contributed by atoms with E-state index < -0.39 is 17.7 Å². The van der Waals surface area contributed by atoms with Gasteiger partial charge in [-0.05, 0) is 43.7 Å². The Morgan fingerprint density at radius 3 is 2.54 bits per heavy atom. The molecule has 1 atom stereocenters. The van der Waals surface area contributed by atoms with Crippen molar-refractivity contribution in [1.82, 2.24) is 9.80 Å². The molecule has 8 heteroatoms. The van der Waals surface area contributed by atoms with Crippen LogP contribution in [0, 0.1) is 6.92 Å². The summed E-state index contributed by atoms with van der Waals surface area (Å²) in [7, 11) is 1.57. The van der Waals surface area contributed by atoms with Crippen molar-refractivity contribution in [3.8, 4) is 11.5 Å². The van der Waals surface area contributed by atoms with Gasteiger partial charge in [0.25, 0.3) is 11.7 Å². The molecule has 0 bridgehead atoms. The maximum atomic E-state index is 13.4. The molecule has 0 aromatic heterocycles. The van der Waals surface area contributed by atoms with Gasteiger partial charge in [0.05, 0.1) is 38.5 Å². The maximum absolute atomic E-state index is 13.4. The quantitative estimate of drug-likeness (QED) is 0.353. The summed E-state index contributed by atoms with van der Waals surface area (Å²) in [6, 6.07) is 11.8. The number of ether oxygens (including phenoxy) is 3. The number of Topliss-reactive ketones (excluding diaryl/α,β-unsaturated/α-hetero) is 1. The Balaban J connectivity index is 1.80. The molecule has 0 saturated carbocycles. The van der Waals surface area contributed by atoms with Gasteiger partial charge in [0.2, 0.25) is 0 Å². The molecular formula is C27H32N2O6. The molecule has 0 spiro atoms. The lowest BCUT2D eigenvalue weighted by Gasteiger charge is -2.31. The Labute approximate surface area is 205 Å². The van der Waals surface area contributed by atoms with Gasteiger partial charge in [-0.3, -0.25) is 14.5 Å². The second kappa shape index (κ2) is 10.9. The first-order chi connectivity index (χ1) is 17.0. The number of carbonyl (C=O) groups excluding carboxylic acids is 2. The van der Waals surface area contributed by atoms with Crippen LogP contribution in [-0.4, -0.2) is 79.7 Å². The van der Waals surface area contributed by atoms with Gasteiger partial charge in [0.15, 0.2) is 0 Å². The zero-order valence-corrected chi connectivity index (χ0v) is 20.5. The highest BCUT2D eigenvalue weighted by molar-refractivity contribution is 6.46. The topological polar surface area (TPSA) is 88.5 Å². The van der Waals surface area contributed by atoms with E-state index in [0.717, 1.165) is 18.7 Å². The molecule has 1 amide bonds. The summed E-state index contributed by atoms with van der Waals surface area (Å²) in [4.78, 5) is 30.4. The second-order valence-corrected chi connectivity index (χ2v) is 8.60. The molecule has 0 aliphatic carbocycles. The second-order valence-electron chi connectivity index (χ2n) is 8.60. The van der Waals surface area contributed by atoms with Crippen LogP contribution in [0.25, 0.3) is 5.76 Å². The molecule has 0 radical (unpaired) electrons. The number of nitrogens with zero attached hydrogens (tertiary/aromatic N) is 2. The number of aliphatic hydroxyl groups is 1. The van der Waals surface area contributed by atoms with Crippen LogP contribution in [0.4, 0.5) is 0 Å². The Morgan fingerprint density at radius 1 is 1.11 bits per heavy atom. The van der Waals surface area contributed by atoms with Crippen LogP contribution in [0.15, 0.2) is 48.0 Å². The Morgan fingerprint density at radius 2 is 1.86 bits per heavy atom. The summed E-state index contributed by atoms with van der Waals surface area (Å²) in [5.41, 5.74) is 1.95. The lowest BCUT2D eigenvalue weighted by Crippen LogP contribution is -2.42. The minimum absolute atomic E-state index is 0.0670. The highest BCUT2D eigenvalue weighted by Gasteiger charge is 2.47. The summed E-state index contributed by atoms with van der Waals surface area (Å²) < 4.78 is 16.6. The predicted octanol–water partition coefficient (Wildman–Crippen LogP) is 3.16. The first kappa shape index (κ1) is 24.8. The van der Waals surface area contributed by atoms with Crippen LogP contribution >= 0.6 is 0 Å². The number of aryl methyl sites for hydroxylation is 1. The third-order valence-electron chi connectivity index (χ3n) is 6.50. The summed E-state index contributed by atoms with van der Waals surface area (Å²) in [5.74, 6) is -0.300. The number of likely N-dealkylation sites (tertiary alicyclic amines) is 1. The third kappa shape index (κ3) is 5.04. The number of hydrogen-bond acceptors (Lipinski definition) is 7. The van der Waals surface area contributed by atoms with Crippen LogP contribution in [0.3, 0.4) is 0 Å². The Hall–Kier alpha value is -3.36. The Kier molecular flexibility index (Phi) is 7.73. The van der Waals surface area contributed by atoms with E-state index in [9.17, 15) is 14.7 Å². The van der Waals surface area contributed by atoms with Crippen molar-refractivity contribution >= 4 is 17.4 Å². The molecule has 1 unspecified atom stereocenters. The van der Waals surface area contributed by atoms with Crippen molar-refractivity contribution in [2.45, 2.75) is 19.9 Å². The van der Waals surface area contributed by atoms with Gasteiger partial charge in [-0.25, -0.2) is 0 Å². The highest BCUT2D eigenvalue weighted by Crippen LogP contribution is 2.43. The molecule has 1 N–H and O–H groups in total. The van der Waals surface area contributed by atoms with E-state index in [1.807, 2.05) is 38.1 Å². The van der Waals surface area contributed by atoms with Crippen LogP contribution in [-0.2, 0) is 14.3 Å². The SMILES string of the molecule is CCOc1ccccc1C1C(=C(O)c2ccc(OC)cc2C)C(=O)C(=O)N1CCN1CCOCC1. The lowest BCUT2D eigenvalue weighted by molar-refractivity contribution is -0.140.